The summed E-state index contributed by atoms with van der Waals surface area (Å²) in [6.07, 6.45) is 0. The summed E-state index contributed by atoms with van der Waals surface area (Å²) in [4.78, 5) is 0. The number of aliphatic hydroxyl groups is 1. The van der Waals surface area contributed by atoms with Crippen molar-refractivity contribution in [2.45, 2.75) is 38.9 Å². The van der Waals surface area contributed by atoms with Crippen LogP contribution in [0.1, 0.15) is 27.7 Å². The predicted molar refractivity (Wildman–Crippen MR) is 114 cm³/mol. The molecule has 27 heavy (non-hydrogen) atoms. The number of hydrogen-bond donors (Lipinski definition) is 1. The molecule has 0 aliphatic carbocycles. The van der Waals surface area contributed by atoms with Crippen molar-refractivity contribution in [1.82, 2.24) is 0 Å². The van der Waals surface area contributed by atoms with Crippen LogP contribution >= 0.6 is 0 Å². The van der Waals surface area contributed by atoms with Crippen LogP contribution in [-0.4, -0.2) is 23.8 Å². The standard InChI is InChI=1S/C24H26BO2/c1-23(2,26)24(3,4)27-25-20-15-16-21(18-11-7-5-8-12-18)22(17-20)19-13-9-6-10-14-19/h5-17,26H,1-4H3. The second-order valence-corrected chi connectivity index (χ2v) is 7.84. The maximum Gasteiger partial charge on any atom is 0.330 e. The van der Waals surface area contributed by atoms with Crippen LogP contribution in [-0.2, 0) is 4.65 Å². The lowest BCUT2D eigenvalue weighted by atomic mass is 9.80. The molecule has 3 rings (SSSR count). The van der Waals surface area contributed by atoms with Gasteiger partial charge in [-0.1, -0.05) is 84.3 Å². The highest BCUT2D eigenvalue weighted by Gasteiger charge is 2.35. The summed E-state index contributed by atoms with van der Waals surface area (Å²) in [7, 11) is 1.74. The molecule has 0 atom stereocenters. The van der Waals surface area contributed by atoms with Gasteiger partial charge in [0.05, 0.1) is 11.2 Å². The van der Waals surface area contributed by atoms with Crippen LogP contribution in [0.4, 0.5) is 0 Å². The number of rotatable bonds is 6. The maximum absolute atomic E-state index is 10.3. The lowest BCUT2D eigenvalue weighted by molar-refractivity contribution is -0.0893. The van der Waals surface area contributed by atoms with Crippen LogP contribution in [0.5, 0.6) is 0 Å². The van der Waals surface area contributed by atoms with Crippen molar-refractivity contribution in [3.8, 4) is 22.3 Å². The molecule has 0 saturated carbocycles. The van der Waals surface area contributed by atoms with Gasteiger partial charge in [0.15, 0.2) is 0 Å². The van der Waals surface area contributed by atoms with E-state index >= 15 is 0 Å². The first kappa shape index (κ1) is 19.4. The van der Waals surface area contributed by atoms with Crippen molar-refractivity contribution in [3.05, 3.63) is 78.9 Å². The van der Waals surface area contributed by atoms with E-state index in [0.29, 0.717) is 0 Å². The Labute approximate surface area is 163 Å². The molecule has 0 bridgehead atoms. The highest BCUT2D eigenvalue weighted by Crippen LogP contribution is 2.31. The van der Waals surface area contributed by atoms with E-state index in [-0.39, 0.29) is 0 Å². The number of hydrogen-bond acceptors (Lipinski definition) is 2. The molecule has 2 nitrogen and oxygen atoms in total. The first-order chi connectivity index (χ1) is 12.8. The summed E-state index contributed by atoms with van der Waals surface area (Å²) in [5.41, 5.74) is 3.99. The summed E-state index contributed by atoms with van der Waals surface area (Å²) < 4.78 is 5.94. The van der Waals surface area contributed by atoms with Crippen LogP contribution < -0.4 is 5.46 Å². The number of benzene rings is 3. The summed E-state index contributed by atoms with van der Waals surface area (Å²) in [6, 6.07) is 27.1. The summed E-state index contributed by atoms with van der Waals surface area (Å²) in [5.74, 6) is 0. The average Bonchev–Trinajstić information content (AvgIpc) is 2.67. The third kappa shape index (κ3) is 4.49. The minimum absolute atomic E-state index is 0.696. The molecule has 0 unspecified atom stereocenters. The molecule has 1 radical (unpaired) electrons. The third-order valence-corrected chi connectivity index (χ3v) is 5.18. The molecule has 3 heteroatoms. The topological polar surface area (TPSA) is 29.5 Å². The van der Waals surface area contributed by atoms with Crippen molar-refractivity contribution >= 4 is 12.9 Å². The Morgan fingerprint density at radius 2 is 1.22 bits per heavy atom. The van der Waals surface area contributed by atoms with Gasteiger partial charge in [-0.2, -0.15) is 0 Å². The second-order valence-electron chi connectivity index (χ2n) is 7.84. The molecule has 0 aliphatic heterocycles. The Hall–Kier alpha value is -2.36. The van der Waals surface area contributed by atoms with E-state index in [1.165, 1.54) is 11.1 Å². The maximum atomic E-state index is 10.3. The molecule has 137 valence electrons. The normalized spacial score (nSPS) is 12.0. The molecule has 0 spiro atoms. The van der Waals surface area contributed by atoms with E-state index in [2.05, 4.69) is 54.6 Å². The van der Waals surface area contributed by atoms with Crippen molar-refractivity contribution in [2.75, 3.05) is 0 Å². The Morgan fingerprint density at radius 3 is 1.74 bits per heavy atom. The van der Waals surface area contributed by atoms with Crippen LogP contribution in [0.15, 0.2) is 78.9 Å². The van der Waals surface area contributed by atoms with Gasteiger partial charge in [-0.05, 0) is 49.9 Å². The van der Waals surface area contributed by atoms with E-state index in [1.807, 2.05) is 38.1 Å². The quantitative estimate of drug-likeness (QED) is 0.640. The van der Waals surface area contributed by atoms with Crippen molar-refractivity contribution in [2.24, 2.45) is 0 Å². The fraction of sp³-hybridized carbons (Fsp3) is 0.250. The van der Waals surface area contributed by atoms with Gasteiger partial charge in [0.1, 0.15) is 0 Å². The SMILES string of the molecule is CC(C)(O)C(C)(C)O[B]c1ccc(-c2ccccc2)c(-c2ccccc2)c1. The van der Waals surface area contributed by atoms with Crippen molar-refractivity contribution in [3.63, 3.8) is 0 Å². The second kappa shape index (κ2) is 7.71. The van der Waals surface area contributed by atoms with Crippen LogP contribution in [0.2, 0.25) is 0 Å². The minimum Gasteiger partial charge on any atom is -0.427 e. The van der Waals surface area contributed by atoms with Crippen molar-refractivity contribution < 1.29 is 9.76 Å². The van der Waals surface area contributed by atoms with Crippen LogP contribution in [0.3, 0.4) is 0 Å². The molecular weight excluding hydrogens is 331 g/mol. The molecule has 0 fully saturated rings. The van der Waals surface area contributed by atoms with Gasteiger partial charge in [0.25, 0.3) is 0 Å². The van der Waals surface area contributed by atoms with Gasteiger partial charge in [-0.3, -0.25) is 0 Å². The highest BCUT2D eigenvalue weighted by molar-refractivity contribution is 6.47. The average molecular weight is 357 g/mol. The van der Waals surface area contributed by atoms with Gasteiger partial charge in [0, 0.05) is 0 Å². The minimum atomic E-state index is -0.949. The molecule has 1 N–H and O–H groups in total. The smallest absolute Gasteiger partial charge is 0.330 e. The van der Waals surface area contributed by atoms with E-state index < -0.39 is 11.2 Å². The zero-order valence-electron chi connectivity index (χ0n) is 16.4. The summed E-state index contributed by atoms with van der Waals surface area (Å²) >= 11 is 0. The zero-order valence-corrected chi connectivity index (χ0v) is 16.4. The van der Waals surface area contributed by atoms with Crippen LogP contribution in [0.25, 0.3) is 22.3 Å². The Kier molecular flexibility index (Phi) is 5.55. The van der Waals surface area contributed by atoms with Gasteiger partial charge >= 0.3 is 7.48 Å². The Morgan fingerprint density at radius 1 is 0.704 bits per heavy atom. The highest BCUT2D eigenvalue weighted by atomic mass is 16.5. The molecule has 3 aromatic rings. The lowest BCUT2D eigenvalue weighted by Gasteiger charge is -2.37. The predicted octanol–water partition coefficient (Wildman–Crippen LogP) is 4.83. The molecule has 0 saturated heterocycles. The Balaban J connectivity index is 1.97. The molecule has 0 aromatic heterocycles. The van der Waals surface area contributed by atoms with E-state index in [9.17, 15) is 5.11 Å². The molecule has 0 heterocycles. The Bertz CT molecular complexity index is 881. The van der Waals surface area contributed by atoms with Gasteiger partial charge in [-0.25, -0.2) is 0 Å². The fourth-order valence-electron chi connectivity index (χ4n) is 2.72. The first-order valence-corrected chi connectivity index (χ1v) is 9.26. The zero-order chi connectivity index (χ0) is 19.5. The monoisotopic (exact) mass is 357 g/mol. The van der Waals surface area contributed by atoms with Gasteiger partial charge in [0.2, 0.25) is 0 Å². The van der Waals surface area contributed by atoms with Gasteiger partial charge < -0.3 is 9.76 Å². The van der Waals surface area contributed by atoms with Gasteiger partial charge in [-0.15, -0.1) is 0 Å². The molecule has 0 amide bonds. The third-order valence-electron chi connectivity index (χ3n) is 5.18. The van der Waals surface area contributed by atoms with E-state index in [4.69, 9.17) is 4.65 Å². The lowest BCUT2D eigenvalue weighted by Crippen LogP contribution is -2.49. The molecule has 0 aliphatic rings. The van der Waals surface area contributed by atoms with Crippen molar-refractivity contribution in [1.29, 1.82) is 0 Å². The summed E-state index contributed by atoms with van der Waals surface area (Å²) in [6.45, 7) is 7.30. The first-order valence-electron chi connectivity index (χ1n) is 9.26. The molecule has 3 aromatic carbocycles. The van der Waals surface area contributed by atoms with E-state index in [0.717, 1.165) is 16.6 Å². The van der Waals surface area contributed by atoms with Crippen LogP contribution in [0, 0.1) is 0 Å². The largest absolute Gasteiger partial charge is 0.427 e. The summed E-state index contributed by atoms with van der Waals surface area (Å²) in [5, 5.41) is 10.3. The fourth-order valence-corrected chi connectivity index (χ4v) is 2.72. The van der Waals surface area contributed by atoms with E-state index in [1.54, 1.807) is 21.3 Å². The molecular formula is C24H26BO2.